The van der Waals surface area contributed by atoms with Gasteiger partial charge in [-0.15, -0.1) is 0 Å². The van der Waals surface area contributed by atoms with Gasteiger partial charge in [0, 0.05) is 37.2 Å². The molecule has 0 heterocycles. The second kappa shape index (κ2) is 7.82. The van der Waals surface area contributed by atoms with Crippen LogP contribution in [0, 0.1) is 5.41 Å². The molecule has 0 atom stereocenters. The van der Waals surface area contributed by atoms with Crippen LogP contribution in [0.15, 0.2) is 54.6 Å². The number of benzene rings is 2. The summed E-state index contributed by atoms with van der Waals surface area (Å²) in [4.78, 5) is 29.6. The van der Waals surface area contributed by atoms with Gasteiger partial charge in [-0.1, -0.05) is 18.2 Å². The number of para-hydroxylation sites is 1. The van der Waals surface area contributed by atoms with Crippen molar-refractivity contribution < 1.29 is 9.59 Å². The van der Waals surface area contributed by atoms with Crippen molar-refractivity contribution in [2.24, 2.45) is 5.41 Å². The highest BCUT2D eigenvalue weighted by atomic mass is 16.2. The summed E-state index contributed by atoms with van der Waals surface area (Å²) in [5.74, 6) is -0.364. The molecule has 0 radical (unpaired) electrons. The SMILES string of the molecule is CCN(CC)c1ccc(NC(=O)C2(C(=O)N(C)c3ccccc3)CC2)cc1. The van der Waals surface area contributed by atoms with E-state index in [0.717, 1.165) is 30.2 Å². The molecule has 1 saturated carbocycles. The minimum atomic E-state index is -0.942. The van der Waals surface area contributed by atoms with Crippen LogP contribution in [0.3, 0.4) is 0 Å². The minimum Gasteiger partial charge on any atom is -0.372 e. The fourth-order valence-electron chi connectivity index (χ4n) is 3.35. The van der Waals surface area contributed by atoms with Gasteiger partial charge in [-0.05, 0) is 63.1 Å². The summed E-state index contributed by atoms with van der Waals surface area (Å²) in [5.41, 5.74) is 1.70. The Hall–Kier alpha value is -2.82. The van der Waals surface area contributed by atoms with Gasteiger partial charge in [-0.3, -0.25) is 9.59 Å². The van der Waals surface area contributed by atoms with Gasteiger partial charge >= 0.3 is 0 Å². The maximum absolute atomic E-state index is 12.9. The molecule has 0 unspecified atom stereocenters. The predicted molar refractivity (Wildman–Crippen MR) is 110 cm³/mol. The van der Waals surface area contributed by atoms with Crippen molar-refractivity contribution in [2.45, 2.75) is 26.7 Å². The first-order chi connectivity index (χ1) is 13.0. The summed E-state index contributed by atoms with van der Waals surface area (Å²) in [7, 11) is 1.73. The Morgan fingerprint density at radius 2 is 1.52 bits per heavy atom. The zero-order valence-corrected chi connectivity index (χ0v) is 16.2. The molecular weight excluding hydrogens is 338 g/mol. The van der Waals surface area contributed by atoms with E-state index in [0.29, 0.717) is 12.8 Å². The van der Waals surface area contributed by atoms with Crippen LogP contribution in [0.5, 0.6) is 0 Å². The molecule has 2 amide bonds. The van der Waals surface area contributed by atoms with Gasteiger partial charge in [0.05, 0.1) is 0 Å². The summed E-state index contributed by atoms with van der Waals surface area (Å²) in [6, 6.07) is 17.2. The van der Waals surface area contributed by atoms with Crippen molar-refractivity contribution in [3.63, 3.8) is 0 Å². The molecule has 27 heavy (non-hydrogen) atoms. The molecule has 0 spiro atoms. The van der Waals surface area contributed by atoms with Crippen LogP contribution in [0.1, 0.15) is 26.7 Å². The van der Waals surface area contributed by atoms with Crippen LogP contribution in [0.2, 0.25) is 0 Å². The molecule has 5 nitrogen and oxygen atoms in total. The highest BCUT2D eigenvalue weighted by molar-refractivity contribution is 6.17. The Labute approximate surface area is 161 Å². The molecule has 2 aromatic carbocycles. The van der Waals surface area contributed by atoms with Crippen LogP contribution in [-0.4, -0.2) is 32.0 Å². The van der Waals surface area contributed by atoms with Crippen molar-refractivity contribution >= 4 is 28.9 Å². The van der Waals surface area contributed by atoms with Gasteiger partial charge in [-0.25, -0.2) is 0 Å². The van der Waals surface area contributed by atoms with Crippen molar-refractivity contribution in [2.75, 3.05) is 35.3 Å². The van der Waals surface area contributed by atoms with Gasteiger partial charge in [0.2, 0.25) is 11.8 Å². The van der Waals surface area contributed by atoms with E-state index in [-0.39, 0.29) is 11.8 Å². The van der Waals surface area contributed by atoms with Crippen molar-refractivity contribution in [3.8, 4) is 0 Å². The number of amides is 2. The molecule has 1 aliphatic carbocycles. The van der Waals surface area contributed by atoms with Gasteiger partial charge in [0.1, 0.15) is 5.41 Å². The molecule has 1 aliphatic rings. The normalized spacial score (nSPS) is 14.3. The molecule has 1 N–H and O–H groups in total. The van der Waals surface area contributed by atoms with E-state index in [1.165, 1.54) is 0 Å². The van der Waals surface area contributed by atoms with Gasteiger partial charge in [-0.2, -0.15) is 0 Å². The van der Waals surface area contributed by atoms with Gasteiger partial charge < -0.3 is 15.1 Å². The summed E-state index contributed by atoms with van der Waals surface area (Å²) < 4.78 is 0. The zero-order valence-electron chi connectivity index (χ0n) is 16.2. The third-order valence-electron chi connectivity index (χ3n) is 5.30. The van der Waals surface area contributed by atoms with Crippen LogP contribution < -0.4 is 15.1 Å². The van der Waals surface area contributed by atoms with Crippen LogP contribution in [0.4, 0.5) is 17.1 Å². The highest BCUT2D eigenvalue weighted by Crippen LogP contribution is 2.48. The Bertz CT molecular complexity index is 794. The Morgan fingerprint density at radius 3 is 2.04 bits per heavy atom. The molecule has 0 aliphatic heterocycles. The molecule has 142 valence electrons. The number of carbonyl (C=O) groups is 2. The molecular formula is C22H27N3O2. The Morgan fingerprint density at radius 1 is 0.926 bits per heavy atom. The van der Waals surface area contributed by atoms with Crippen LogP contribution >= 0.6 is 0 Å². The first-order valence-electron chi connectivity index (χ1n) is 9.51. The van der Waals surface area contributed by atoms with E-state index >= 15 is 0 Å². The lowest BCUT2D eigenvalue weighted by molar-refractivity contribution is -0.132. The number of nitrogens with one attached hydrogen (secondary N) is 1. The topological polar surface area (TPSA) is 52.7 Å². The fourth-order valence-corrected chi connectivity index (χ4v) is 3.35. The van der Waals surface area contributed by atoms with E-state index in [1.54, 1.807) is 11.9 Å². The van der Waals surface area contributed by atoms with Crippen LogP contribution in [-0.2, 0) is 9.59 Å². The summed E-state index contributed by atoms with van der Waals surface area (Å²) in [6.07, 6.45) is 1.18. The number of hydrogen-bond donors (Lipinski definition) is 1. The molecule has 1 fully saturated rings. The lowest BCUT2D eigenvalue weighted by atomic mass is 10.0. The second-order valence-corrected chi connectivity index (χ2v) is 6.96. The van der Waals surface area contributed by atoms with Gasteiger partial charge in [0.15, 0.2) is 0 Å². The predicted octanol–water partition coefficient (Wildman–Crippen LogP) is 3.91. The lowest BCUT2D eigenvalue weighted by Gasteiger charge is -2.23. The smallest absolute Gasteiger partial charge is 0.242 e. The largest absolute Gasteiger partial charge is 0.372 e. The van der Waals surface area contributed by atoms with E-state index in [2.05, 4.69) is 24.1 Å². The van der Waals surface area contributed by atoms with Crippen LogP contribution in [0.25, 0.3) is 0 Å². The maximum atomic E-state index is 12.9. The average molecular weight is 365 g/mol. The zero-order chi connectivity index (χ0) is 19.4. The molecule has 5 heteroatoms. The van der Waals surface area contributed by atoms with E-state index in [1.807, 2.05) is 54.6 Å². The molecule has 2 aromatic rings. The first-order valence-corrected chi connectivity index (χ1v) is 9.51. The first kappa shape index (κ1) is 19.0. The third-order valence-corrected chi connectivity index (χ3v) is 5.30. The van der Waals surface area contributed by atoms with Crippen molar-refractivity contribution in [1.82, 2.24) is 0 Å². The highest BCUT2D eigenvalue weighted by Gasteiger charge is 2.57. The van der Waals surface area contributed by atoms with E-state index in [4.69, 9.17) is 0 Å². The number of nitrogens with zero attached hydrogens (tertiary/aromatic N) is 2. The van der Waals surface area contributed by atoms with Crippen molar-refractivity contribution in [1.29, 1.82) is 0 Å². The van der Waals surface area contributed by atoms with E-state index < -0.39 is 5.41 Å². The summed E-state index contributed by atoms with van der Waals surface area (Å²) in [6.45, 7) is 6.10. The van der Waals surface area contributed by atoms with E-state index in [9.17, 15) is 9.59 Å². The average Bonchev–Trinajstić information content (AvgIpc) is 3.52. The van der Waals surface area contributed by atoms with Gasteiger partial charge in [0.25, 0.3) is 0 Å². The Balaban J connectivity index is 1.69. The number of anilines is 3. The second-order valence-electron chi connectivity index (χ2n) is 6.96. The summed E-state index contributed by atoms with van der Waals surface area (Å²) >= 11 is 0. The number of hydrogen-bond acceptors (Lipinski definition) is 3. The fraction of sp³-hybridized carbons (Fsp3) is 0.364. The lowest BCUT2D eigenvalue weighted by Crippen LogP contribution is -2.41. The Kier molecular flexibility index (Phi) is 5.49. The third kappa shape index (κ3) is 3.82. The molecule has 3 rings (SSSR count). The number of carbonyl (C=O) groups excluding carboxylic acids is 2. The summed E-state index contributed by atoms with van der Waals surface area (Å²) in [5, 5.41) is 2.93. The molecule has 0 bridgehead atoms. The molecule has 0 aromatic heterocycles. The quantitative estimate of drug-likeness (QED) is 0.757. The minimum absolute atomic E-state index is 0.147. The molecule has 0 saturated heterocycles. The number of rotatable bonds is 7. The monoisotopic (exact) mass is 365 g/mol. The van der Waals surface area contributed by atoms with Crippen molar-refractivity contribution in [3.05, 3.63) is 54.6 Å². The standard InChI is InChI=1S/C22H27N3O2/c1-4-25(5-2)19-13-11-17(12-14-19)23-20(26)22(15-16-22)21(27)24(3)18-9-7-6-8-10-18/h6-14H,4-5,15-16H2,1-3H3,(H,23,26). The maximum Gasteiger partial charge on any atom is 0.242 e.